The molecule has 212 valence electrons. The molecule has 14 nitrogen and oxygen atoms in total. The standard InChI is InChI=1S/C26H30N6O8/c1-31(2)12-6-10(23(39)40-5)16(33)13-11(12)7-24(29)8-26(30)19(32(3)4)18(35)14(22(28)38)20(36)25(26,9-27)21(37)15(24)17(13)34/h6,19,33-34,36H,7-8,29-30H2,1-5H3,(H2,28,38)/t19-,24-,25+,26-/m1/s1. The number of aromatic hydroxyl groups is 1. The van der Waals surface area contributed by atoms with Gasteiger partial charge in [-0.3, -0.25) is 19.3 Å². The largest absolute Gasteiger partial charge is 0.509 e. The molecule has 1 aromatic carbocycles. The summed E-state index contributed by atoms with van der Waals surface area (Å²) in [5, 5.41) is 44.3. The van der Waals surface area contributed by atoms with Crippen LogP contribution in [0.25, 0.3) is 5.76 Å². The molecule has 1 saturated carbocycles. The van der Waals surface area contributed by atoms with Gasteiger partial charge in [-0.1, -0.05) is 0 Å². The molecule has 0 heterocycles. The van der Waals surface area contributed by atoms with Gasteiger partial charge in [0, 0.05) is 19.8 Å². The third-order valence-corrected chi connectivity index (χ3v) is 8.11. The molecular formula is C26H30N6O8. The molecule has 1 amide bonds. The maximum absolute atomic E-state index is 14.4. The van der Waals surface area contributed by atoms with Crippen molar-refractivity contribution >= 4 is 34.9 Å². The van der Waals surface area contributed by atoms with Crippen LogP contribution in [0.2, 0.25) is 0 Å². The van der Waals surface area contributed by atoms with Crippen molar-refractivity contribution in [2.24, 2.45) is 22.6 Å². The molecule has 0 saturated heterocycles. The second kappa shape index (κ2) is 8.78. The molecule has 0 aromatic heterocycles. The number of carbonyl (C=O) groups excluding carboxylic acids is 4. The number of carbonyl (C=O) groups is 4. The highest BCUT2D eigenvalue weighted by Crippen LogP contribution is 2.59. The number of nitrogens with two attached hydrogens (primary N) is 3. The summed E-state index contributed by atoms with van der Waals surface area (Å²) >= 11 is 0. The van der Waals surface area contributed by atoms with Crippen LogP contribution in [0, 0.1) is 16.7 Å². The highest BCUT2D eigenvalue weighted by molar-refractivity contribution is 6.25. The molecule has 0 unspecified atom stereocenters. The first-order valence-corrected chi connectivity index (χ1v) is 12.0. The molecule has 1 fully saturated rings. The van der Waals surface area contributed by atoms with E-state index in [9.17, 15) is 39.8 Å². The predicted molar refractivity (Wildman–Crippen MR) is 140 cm³/mol. The fraction of sp³-hybridized carbons (Fsp3) is 0.423. The molecule has 0 bridgehead atoms. The van der Waals surface area contributed by atoms with E-state index in [1.807, 2.05) is 0 Å². The lowest BCUT2D eigenvalue weighted by atomic mass is 9.47. The Kier molecular flexibility index (Phi) is 6.27. The third kappa shape index (κ3) is 3.25. The number of nitrogens with zero attached hydrogens (tertiary/aromatic N) is 3. The molecule has 3 aliphatic carbocycles. The number of hydrogen-bond donors (Lipinski definition) is 6. The number of Topliss-reactive ketones (excluding diaryl/α,β-unsaturated/α-hetero) is 2. The number of esters is 1. The number of fused-ring (bicyclic) bond motifs is 3. The topological polar surface area (TPSA) is 247 Å². The van der Waals surface area contributed by atoms with Crippen molar-refractivity contribution in [3.8, 4) is 11.8 Å². The van der Waals surface area contributed by atoms with Gasteiger partial charge in [-0.15, -0.1) is 0 Å². The molecule has 14 heteroatoms. The number of hydrogen-bond acceptors (Lipinski definition) is 13. The summed E-state index contributed by atoms with van der Waals surface area (Å²) in [6, 6.07) is 1.54. The zero-order valence-electron chi connectivity index (χ0n) is 22.5. The Balaban J connectivity index is 2.17. The third-order valence-electron chi connectivity index (χ3n) is 8.11. The van der Waals surface area contributed by atoms with E-state index >= 15 is 0 Å². The summed E-state index contributed by atoms with van der Waals surface area (Å²) in [5.41, 5.74) is 10.6. The van der Waals surface area contributed by atoms with E-state index in [0.29, 0.717) is 5.69 Å². The van der Waals surface area contributed by atoms with Gasteiger partial charge in [0.15, 0.2) is 17.0 Å². The van der Waals surface area contributed by atoms with Crippen LogP contribution in [0.1, 0.15) is 27.9 Å². The minimum absolute atomic E-state index is 0.238. The molecule has 1 aromatic rings. The highest BCUT2D eigenvalue weighted by atomic mass is 16.5. The molecule has 3 aliphatic rings. The molecular weight excluding hydrogens is 524 g/mol. The first kappa shape index (κ1) is 28.6. The lowest BCUT2D eigenvalue weighted by molar-refractivity contribution is -0.139. The Bertz CT molecular complexity index is 1520. The molecule has 40 heavy (non-hydrogen) atoms. The number of ketones is 2. The zero-order chi connectivity index (χ0) is 30.3. The number of phenols is 1. The minimum Gasteiger partial charge on any atom is -0.509 e. The zero-order valence-corrected chi connectivity index (χ0v) is 22.5. The Morgan fingerprint density at radius 1 is 1.15 bits per heavy atom. The fourth-order valence-corrected chi connectivity index (χ4v) is 6.54. The number of aliphatic hydroxyl groups excluding tert-OH is 2. The number of benzene rings is 1. The van der Waals surface area contributed by atoms with Crippen LogP contribution in [0.4, 0.5) is 5.69 Å². The number of primary amides is 1. The van der Waals surface area contributed by atoms with Gasteiger partial charge in [0.25, 0.3) is 5.91 Å². The second-order valence-corrected chi connectivity index (χ2v) is 10.8. The number of phenolic OH excluding ortho intramolecular Hbond substituents is 1. The monoisotopic (exact) mass is 554 g/mol. The van der Waals surface area contributed by atoms with Crippen molar-refractivity contribution in [3.63, 3.8) is 0 Å². The van der Waals surface area contributed by atoms with E-state index in [-0.39, 0.29) is 23.1 Å². The minimum atomic E-state index is -2.77. The van der Waals surface area contributed by atoms with Gasteiger partial charge in [0.05, 0.1) is 41.4 Å². The van der Waals surface area contributed by atoms with Crippen LogP contribution >= 0.6 is 0 Å². The van der Waals surface area contributed by atoms with E-state index in [2.05, 4.69) is 0 Å². The Morgan fingerprint density at radius 2 is 1.75 bits per heavy atom. The predicted octanol–water partition coefficient (Wildman–Crippen LogP) is -1.24. The second-order valence-electron chi connectivity index (χ2n) is 10.8. The number of aliphatic hydroxyl groups is 2. The Hall–Kier alpha value is -4.45. The van der Waals surface area contributed by atoms with Gasteiger partial charge in [0.1, 0.15) is 28.4 Å². The number of amides is 1. The first-order chi connectivity index (χ1) is 18.5. The normalized spacial score (nSPS) is 29.4. The van der Waals surface area contributed by atoms with Gasteiger partial charge in [-0.05, 0) is 38.6 Å². The Morgan fingerprint density at radius 3 is 2.23 bits per heavy atom. The van der Waals surface area contributed by atoms with Crippen molar-refractivity contribution in [1.29, 1.82) is 5.26 Å². The van der Waals surface area contributed by atoms with E-state index in [1.54, 1.807) is 25.1 Å². The summed E-state index contributed by atoms with van der Waals surface area (Å²) in [6.07, 6.45) is -0.743. The summed E-state index contributed by atoms with van der Waals surface area (Å²) < 4.78 is 4.75. The maximum Gasteiger partial charge on any atom is 0.341 e. The van der Waals surface area contributed by atoms with Crippen LogP contribution in [0.5, 0.6) is 5.75 Å². The highest BCUT2D eigenvalue weighted by Gasteiger charge is 2.74. The van der Waals surface area contributed by atoms with Crippen LogP contribution in [-0.4, -0.2) is 96.1 Å². The van der Waals surface area contributed by atoms with Crippen LogP contribution in [-0.2, 0) is 25.5 Å². The lowest BCUT2D eigenvalue weighted by Gasteiger charge is -2.58. The van der Waals surface area contributed by atoms with Crippen LogP contribution in [0.15, 0.2) is 23.0 Å². The van der Waals surface area contributed by atoms with E-state index in [1.165, 1.54) is 25.1 Å². The first-order valence-electron chi connectivity index (χ1n) is 12.0. The summed E-state index contributed by atoms with van der Waals surface area (Å²) in [7, 11) is 7.24. The summed E-state index contributed by atoms with van der Waals surface area (Å²) in [4.78, 5) is 55.4. The lowest BCUT2D eigenvalue weighted by Crippen LogP contribution is -2.80. The number of rotatable bonds is 4. The molecule has 0 radical (unpaired) electrons. The number of likely N-dealkylation sites (N-methyl/N-ethyl adjacent to an activating group) is 1. The van der Waals surface area contributed by atoms with E-state index in [4.69, 9.17) is 21.9 Å². The average molecular weight is 555 g/mol. The number of nitriles is 1. The summed E-state index contributed by atoms with van der Waals surface area (Å²) in [6.45, 7) is 0. The van der Waals surface area contributed by atoms with Gasteiger partial charge in [-0.25, -0.2) is 4.79 Å². The average Bonchev–Trinajstić information content (AvgIpc) is 2.82. The number of methoxy groups -OCH3 is 1. The maximum atomic E-state index is 14.4. The molecule has 9 N–H and O–H groups in total. The SMILES string of the molecule is COC(=O)c1cc(N(C)C)c2c(c1O)C(O)=C1C(=O)[C@]3(C#N)C(O)=C(C(N)=O)C(=O)[C@@H](N(C)C)[C@]3(N)C[C@]1(N)C2. The van der Waals surface area contributed by atoms with Gasteiger partial charge < -0.3 is 42.2 Å². The van der Waals surface area contributed by atoms with Crippen molar-refractivity contribution < 1.29 is 39.2 Å². The van der Waals surface area contributed by atoms with E-state index < -0.39 is 80.8 Å². The van der Waals surface area contributed by atoms with Crippen molar-refractivity contribution in [2.75, 3.05) is 40.2 Å². The summed E-state index contributed by atoms with van der Waals surface area (Å²) in [5.74, 6) is -7.39. The fourth-order valence-electron chi connectivity index (χ4n) is 6.54. The van der Waals surface area contributed by atoms with Crippen molar-refractivity contribution in [2.45, 2.75) is 30.0 Å². The molecule has 4 rings (SSSR count). The quantitative estimate of drug-likeness (QED) is 0.188. The Labute approximate surface area is 228 Å². The number of ether oxygens (including phenoxy) is 1. The molecule has 0 aliphatic heterocycles. The van der Waals surface area contributed by atoms with Crippen molar-refractivity contribution in [1.82, 2.24) is 4.90 Å². The molecule has 0 spiro atoms. The smallest absolute Gasteiger partial charge is 0.341 e. The molecule has 4 atom stereocenters. The number of anilines is 1. The van der Waals surface area contributed by atoms with Gasteiger partial charge in [-0.2, -0.15) is 5.26 Å². The van der Waals surface area contributed by atoms with Crippen molar-refractivity contribution in [3.05, 3.63) is 39.7 Å². The van der Waals surface area contributed by atoms with E-state index in [0.717, 1.165) is 7.11 Å². The van der Waals surface area contributed by atoms with Crippen LogP contribution < -0.4 is 22.1 Å². The van der Waals surface area contributed by atoms with Gasteiger partial charge in [0.2, 0.25) is 0 Å². The van der Waals surface area contributed by atoms with Crippen LogP contribution in [0.3, 0.4) is 0 Å². The van der Waals surface area contributed by atoms with Gasteiger partial charge >= 0.3 is 5.97 Å².